The van der Waals surface area contributed by atoms with Crippen molar-refractivity contribution in [1.29, 1.82) is 0 Å². The molecule has 0 spiro atoms. The number of carboxylic acids is 1. The fraction of sp³-hybridized carbons (Fsp3) is 0.133. The first kappa shape index (κ1) is 13.4. The molecule has 2 aromatic rings. The van der Waals surface area contributed by atoms with Crippen LogP contribution in [0.15, 0.2) is 42.5 Å². The Balaban J connectivity index is 2.06. The molecule has 1 N–H and O–H groups in total. The summed E-state index contributed by atoms with van der Waals surface area (Å²) in [6.45, 7) is 2.32. The Hall–Kier alpha value is -2.00. The molecule has 0 fully saturated rings. The normalized spacial score (nSPS) is 10.2. The minimum absolute atomic E-state index is 0.266. The summed E-state index contributed by atoms with van der Waals surface area (Å²) in [7, 11) is 0. The number of aromatic carboxylic acids is 1. The van der Waals surface area contributed by atoms with E-state index in [1.54, 1.807) is 30.3 Å². The number of ether oxygens (including phenoxy) is 1. The van der Waals surface area contributed by atoms with Gasteiger partial charge in [-0.2, -0.15) is 0 Å². The molecule has 0 saturated carbocycles. The molecule has 0 aliphatic rings. The molecule has 0 radical (unpaired) electrons. The molecule has 0 aromatic heterocycles. The van der Waals surface area contributed by atoms with Crippen molar-refractivity contribution in [2.75, 3.05) is 0 Å². The van der Waals surface area contributed by atoms with Gasteiger partial charge in [-0.15, -0.1) is 0 Å². The van der Waals surface area contributed by atoms with Crippen LogP contribution in [0.2, 0.25) is 5.02 Å². The molecular weight excluding hydrogens is 264 g/mol. The van der Waals surface area contributed by atoms with Crippen LogP contribution in [0.25, 0.3) is 0 Å². The highest BCUT2D eigenvalue weighted by Gasteiger charge is 2.04. The van der Waals surface area contributed by atoms with E-state index in [2.05, 4.69) is 0 Å². The Morgan fingerprint density at radius 3 is 2.53 bits per heavy atom. The zero-order chi connectivity index (χ0) is 13.8. The maximum Gasteiger partial charge on any atom is 0.335 e. The molecule has 0 amide bonds. The average Bonchev–Trinajstić information content (AvgIpc) is 2.40. The SMILES string of the molecule is Cc1ccc(Cl)cc1OCc1ccc(C(=O)O)cc1. The van der Waals surface area contributed by atoms with E-state index in [1.165, 1.54) is 0 Å². The standard InChI is InChI=1S/C15H13ClO3/c1-10-2-7-13(16)8-14(10)19-9-11-3-5-12(6-4-11)15(17)18/h2-8H,9H2,1H3,(H,17,18). The first-order valence-corrected chi connectivity index (χ1v) is 6.15. The molecule has 0 atom stereocenters. The Morgan fingerprint density at radius 1 is 1.21 bits per heavy atom. The Kier molecular flexibility index (Phi) is 4.07. The van der Waals surface area contributed by atoms with Gasteiger partial charge in [-0.05, 0) is 42.3 Å². The van der Waals surface area contributed by atoms with Crippen molar-refractivity contribution in [3.8, 4) is 5.75 Å². The Bertz CT molecular complexity index is 591. The third kappa shape index (κ3) is 3.48. The average molecular weight is 277 g/mol. The van der Waals surface area contributed by atoms with E-state index in [0.29, 0.717) is 11.6 Å². The number of hydrogen-bond donors (Lipinski definition) is 1. The van der Waals surface area contributed by atoms with Gasteiger partial charge in [0.05, 0.1) is 5.56 Å². The van der Waals surface area contributed by atoms with Crippen LogP contribution in [0.4, 0.5) is 0 Å². The molecular formula is C15H13ClO3. The molecule has 0 aliphatic carbocycles. The first-order valence-electron chi connectivity index (χ1n) is 5.77. The third-order valence-corrected chi connectivity index (χ3v) is 2.98. The van der Waals surface area contributed by atoms with E-state index in [9.17, 15) is 4.79 Å². The van der Waals surface area contributed by atoms with Crippen LogP contribution in [0.3, 0.4) is 0 Å². The molecule has 0 aliphatic heterocycles. The molecule has 2 rings (SSSR count). The number of aryl methyl sites for hydroxylation is 1. The van der Waals surface area contributed by atoms with Gasteiger partial charge in [0.15, 0.2) is 0 Å². The maximum absolute atomic E-state index is 10.7. The zero-order valence-electron chi connectivity index (χ0n) is 10.4. The highest BCUT2D eigenvalue weighted by molar-refractivity contribution is 6.30. The summed E-state index contributed by atoms with van der Waals surface area (Å²) in [5.74, 6) is -0.201. The second-order valence-electron chi connectivity index (χ2n) is 4.20. The number of carboxylic acid groups (broad SMARTS) is 1. The van der Waals surface area contributed by atoms with Crippen molar-refractivity contribution in [3.63, 3.8) is 0 Å². The van der Waals surface area contributed by atoms with Crippen LogP contribution in [-0.2, 0) is 6.61 Å². The highest BCUT2D eigenvalue weighted by atomic mass is 35.5. The summed E-state index contributed by atoms with van der Waals surface area (Å²) < 4.78 is 5.67. The molecule has 4 heteroatoms. The fourth-order valence-electron chi connectivity index (χ4n) is 1.63. The minimum atomic E-state index is -0.932. The van der Waals surface area contributed by atoms with Crippen molar-refractivity contribution in [3.05, 3.63) is 64.2 Å². The van der Waals surface area contributed by atoms with E-state index >= 15 is 0 Å². The Labute approximate surface area is 116 Å². The molecule has 3 nitrogen and oxygen atoms in total. The summed E-state index contributed by atoms with van der Waals surface area (Å²) in [4.78, 5) is 10.7. The van der Waals surface area contributed by atoms with Gasteiger partial charge < -0.3 is 9.84 Å². The van der Waals surface area contributed by atoms with Gasteiger partial charge in [-0.1, -0.05) is 29.8 Å². The predicted molar refractivity (Wildman–Crippen MR) is 73.9 cm³/mol. The largest absolute Gasteiger partial charge is 0.489 e. The van der Waals surface area contributed by atoms with E-state index in [4.69, 9.17) is 21.4 Å². The van der Waals surface area contributed by atoms with Crippen LogP contribution in [0, 0.1) is 6.92 Å². The summed E-state index contributed by atoms with van der Waals surface area (Å²) in [6.07, 6.45) is 0. The number of benzene rings is 2. The van der Waals surface area contributed by atoms with Crippen molar-refractivity contribution in [2.24, 2.45) is 0 Å². The second kappa shape index (κ2) is 5.76. The fourth-order valence-corrected chi connectivity index (χ4v) is 1.80. The van der Waals surface area contributed by atoms with Gasteiger partial charge in [0.2, 0.25) is 0 Å². The molecule has 0 saturated heterocycles. The zero-order valence-corrected chi connectivity index (χ0v) is 11.1. The monoisotopic (exact) mass is 276 g/mol. The molecule has 0 bridgehead atoms. The summed E-state index contributed by atoms with van der Waals surface area (Å²) >= 11 is 5.91. The van der Waals surface area contributed by atoms with Crippen molar-refractivity contribution in [1.82, 2.24) is 0 Å². The second-order valence-corrected chi connectivity index (χ2v) is 4.64. The van der Waals surface area contributed by atoms with Gasteiger partial charge in [0.25, 0.3) is 0 Å². The lowest BCUT2D eigenvalue weighted by atomic mass is 10.1. The Morgan fingerprint density at radius 2 is 1.89 bits per heavy atom. The van der Waals surface area contributed by atoms with Crippen LogP contribution in [-0.4, -0.2) is 11.1 Å². The van der Waals surface area contributed by atoms with Crippen LogP contribution >= 0.6 is 11.6 Å². The molecule has 0 heterocycles. The van der Waals surface area contributed by atoms with Gasteiger partial charge in [-0.3, -0.25) is 0 Å². The first-order chi connectivity index (χ1) is 9.06. The van der Waals surface area contributed by atoms with E-state index in [-0.39, 0.29) is 5.56 Å². The lowest BCUT2D eigenvalue weighted by molar-refractivity contribution is 0.0697. The van der Waals surface area contributed by atoms with E-state index in [0.717, 1.165) is 16.9 Å². The van der Waals surface area contributed by atoms with Gasteiger partial charge >= 0.3 is 5.97 Å². The van der Waals surface area contributed by atoms with Crippen molar-refractivity contribution in [2.45, 2.75) is 13.5 Å². The predicted octanol–water partition coefficient (Wildman–Crippen LogP) is 3.93. The van der Waals surface area contributed by atoms with Crippen LogP contribution < -0.4 is 4.74 Å². The van der Waals surface area contributed by atoms with Crippen molar-refractivity contribution >= 4 is 17.6 Å². The van der Waals surface area contributed by atoms with E-state index < -0.39 is 5.97 Å². The van der Waals surface area contributed by atoms with Gasteiger partial charge in [-0.25, -0.2) is 4.79 Å². The quantitative estimate of drug-likeness (QED) is 0.920. The van der Waals surface area contributed by atoms with Crippen molar-refractivity contribution < 1.29 is 14.6 Å². The number of hydrogen-bond acceptors (Lipinski definition) is 2. The number of rotatable bonds is 4. The third-order valence-electron chi connectivity index (χ3n) is 2.75. The lowest BCUT2D eigenvalue weighted by Gasteiger charge is -2.09. The molecule has 98 valence electrons. The lowest BCUT2D eigenvalue weighted by Crippen LogP contribution is -1.99. The minimum Gasteiger partial charge on any atom is -0.489 e. The molecule has 19 heavy (non-hydrogen) atoms. The molecule has 0 unspecified atom stereocenters. The van der Waals surface area contributed by atoms with Gasteiger partial charge in [0, 0.05) is 5.02 Å². The summed E-state index contributed by atoms with van der Waals surface area (Å²) in [5, 5.41) is 9.43. The highest BCUT2D eigenvalue weighted by Crippen LogP contribution is 2.23. The van der Waals surface area contributed by atoms with Gasteiger partial charge in [0.1, 0.15) is 12.4 Å². The maximum atomic E-state index is 10.7. The van der Waals surface area contributed by atoms with Crippen LogP contribution in [0.1, 0.15) is 21.5 Å². The summed E-state index contributed by atoms with van der Waals surface area (Å²) in [6, 6.07) is 12.1. The smallest absolute Gasteiger partial charge is 0.335 e. The number of carbonyl (C=O) groups is 1. The summed E-state index contributed by atoms with van der Waals surface area (Å²) in [5.41, 5.74) is 2.18. The topological polar surface area (TPSA) is 46.5 Å². The van der Waals surface area contributed by atoms with Crippen LogP contribution in [0.5, 0.6) is 5.75 Å². The van der Waals surface area contributed by atoms with E-state index in [1.807, 2.05) is 19.1 Å². The number of halogens is 1. The molecule has 2 aromatic carbocycles.